The average molecular weight is 181 g/mol. The molecular weight excluding hydrogens is 162 g/mol. The zero-order valence-electron chi connectivity index (χ0n) is 8.68. The van der Waals surface area contributed by atoms with Gasteiger partial charge in [-0.3, -0.25) is 0 Å². The quantitative estimate of drug-likeness (QED) is 0.668. The van der Waals surface area contributed by atoms with E-state index in [2.05, 4.69) is 6.07 Å². The molecule has 0 atom stereocenters. The van der Waals surface area contributed by atoms with Crippen LogP contribution in [0.2, 0.25) is 0 Å². The second-order valence-electron chi connectivity index (χ2n) is 4.27. The third-order valence-electron chi connectivity index (χ3n) is 2.83. The Bertz CT molecular complexity index is 187. The molecule has 0 saturated heterocycles. The summed E-state index contributed by atoms with van der Waals surface area (Å²) in [4.78, 5) is 0. The molecule has 2 nitrogen and oxygen atoms in total. The molecule has 0 aliphatic heterocycles. The molecule has 0 bridgehead atoms. The summed E-state index contributed by atoms with van der Waals surface area (Å²) in [5.41, 5.74) is -0.0467. The second-order valence-corrected chi connectivity index (χ2v) is 4.27. The minimum absolute atomic E-state index is 0.0467. The number of hydrogen-bond donors (Lipinski definition) is 0. The van der Waals surface area contributed by atoms with E-state index in [4.69, 9.17) is 10.00 Å². The SMILES string of the molecule is CC(C)OCCC1(C#N)CCCC1. The predicted octanol–water partition coefficient (Wildman–Crippen LogP) is 2.89. The largest absolute Gasteiger partial charge is 0.379 e. The lowest BCUT2D eigenvalue weighted by atomic mass is 9.85. The lowest BCUT2D eigenvalue weighted by Gasteiger charge is -2.20. The Labute approximate surface area is 80.9 Å². The van der Waals surface area contributed by atoms with Gasteiger partial charge in [0.05, 0.1) is 17.6 Å². The number of nitriles is 1. The van der Waals surface area contributed by atoms with Crippen LogP contribution in [0, 0.1) is 16.7 Å². The Kier molecular flexibility index (Phi) is 3.74. The highest BCUT2D eigenvalue weighted by molar-refractivity contribution is 5.01. The first kappa shape index (κ1) is 10.5. The molecule has 0 radical (unpaired) electrons. The van der Waals surface area contributed by atoms with E-state index in [9.17, 15) is 0 Å². The van der Waals surface area contributed by atoms with Gasteiger partial charge in [0.2, 0.25) is 0 Å². The van der Waals surface area contributed by atoms with Crippen molar-refractivity contribution in [1.29, 1.82) is 5.26 Å². The van der Waals surface area contributed by atoms with Crippen molar-refractivity contribution in [1.82, 2.24) is 0 Å². The Morgan fingerprint density at radius 3 is 2.46 bits per heavy atom. The summed E-state index contributed by atoms with van der Waals surface area (Å²) >= 11 is 0. The third-order valence-corrected chi connectivity index (χ3v) is 2.83. The molecule has 2 heteroatoms. The monoisotopic (exact) mass is 181 g/mol. The molecule has 0 aromatic carbocycles. The molecule has 0 N–H and O–H groups in total. The molecule has 1 aliphatic carbocycles. The normalized spacial score (nSPS) is 20.5. The minimum Gasteiger partial charge on any atom is -0.379 e. The Morgan fingerprint density at radius 1 is 1.38 bits per heavy atom. The first-order valence-electron chi connectivity index (χ1n) is 5.21. The van der Waals surface area contributed by atoms with Crippen LogP contribution < -0.4 is 0 Å². The van der Waals surface area contributed by atoms with E-state index in [0.29, 0.717) is 0 Å². The van der Waals surface area contributed by atoms with Gasteiger partial charge in [0, 0.05) is 6.61 Å². The summed E-state index contributed by atoms with van der Waals surface area (Å²) in [5, 5.41) is 9.08. The molecule has 0 aromatic rings. The Morgan fingerprint density at radius 2 is 2.00 bits per heavy atom. The molecule has 1 aliphatic rings. The highest BCUT2D eigenvalue weighted by atomic mass is 16.5. The number of ether oxygens (including phenoxy) is 1. The van der Waals surface area contributed by atoms with Crippen LogP contribution in [0.1, 0.15) is 46.0 Å². The lowest BCUT2D eigenvalue weighted by Crippen LogP contribution is -2.17. The number of nitrogens with zero attached hydrogens (tertiary/aromatic N) is 1. The summed E-state index contributed by atoms with van der Waals surface area (Å²) in [5.74, 6) is 0. The van der Waals surface area contributed by atoms with E-state index in [-0.39, 0.29) is 11.5 Å². The number of hydrogen-bond acceptors (Lipinski definition) is 2. The fourth-order valence-corrected chi connectivity index (χ4v) is 1.96. The highest BCUT2D eigenvalue weighted by Gasteiger charge is 2.33. The molecule has 0 aromatic heterocycles. The van der Waals surface area contributed by atoms with Crippen LogP contribution in [0.4, 0.5) is 0 Å². The Hall–Kier alpha value is -0.550. The molecular formula is C11H19NO. The molecule has 0 spiro atoms. The highest BCUT2D eigenvalue weighted by Crippen LogP contribution is 2.40. The zero-order valence-corrected chi connectivity index (χ0v) is 8.68. The van der Waals surface area contributed by atoms with Crippen LogP contribution in [0.5, 0.6) is 0 Å². The molecule has 13 heavy (non-hydrogen) atoms. The molecule has 0 amide bonds. The Balaban J connectivity index is 2.29. The van der Waals surface area contributed by atoms with Gasteiger partial charge in [0.1, 0.15) is 0 Å². The van der Waals surface area contributed by atoms with Crippen molar-refractivity contribution in [2.24, 2.45) is 5.41 Å². The number of rotatable bonds is 4. The van der Waals surface area contributed by atoms with E-state index < -0.39 is 0 Å². The van der Waals surface area contributed by atoms with Gasteiger partial charge in [-0.2, -0.15) is 5.26 Å². The second kappa shape index (κ2) is 4.62. The maximum Gasteiger partial charge on any atom is 0.0690 e. The predicted molar refractivity (Wildman–Crippen MR) is 52.2 cm³/mol. The van der Waals surface area contributed by atoms with Crippen LogP contribution in [0.3, 0.4) is 0 Å². The smallest absolute Gasteiger partial charge is 0.0690 e. The fraction of sp³-hybridized carbons (Fsp3) is 0.909. The van der Waals surface area contributed by atoms with Crippen LogP contribution in [0.15, 0.2) is 0 Å². The molecule has 1 saturated carbocycles. The maximum absolute atomic E-state index is 9.08. The van der Waals surface area contributed by atoms with E-state index in [0.717, 1.165) is 25.9 Å². The zero-order chi connectivity index (χ0) is 9.73. The summed E-state index contributed by atoms with van der Waals surface area (Å²) in [6, 6.07) is 2.47. The van der Waals surface area contributed by atoms with Gasteiger partial charge < -0.3 is 4.74 Å². The molecule has 1 fully saturated rings. The van der Waals surface area contributed by atoms with Crippen molar-refractivity contribution in [2.75, 3.05) is 6.61 Å². The van der Waals surface area contributed by atoms with Gasteiger partial charge in [0.15, 0.2) is 0 Å². The van der Waals surface area contributed by atoms with E-state index in [1.807, 2.05) is 13.8 Å². The van der Waals surface area contributed by atoms with Gasteiger partial charge in [-0.05, 0) is 33.1 Å². The van der Waals surface area contributed by atoms with E-state index >= 15 is 0 Å². The van der Waals surface area contributed by atoms with Gasteiger partial charge in [0.25, 0.3) is 0 Å². The van der Waals surface area contributed by atoms with Crippen molar-refractivity contribution in [3.63, 3.8) is 0 Å². The summed E-state index contributed by atoms with van der Waals surface area (Å²) in [6.07, 6.45) is 5.79. The van der Waals surface area contributed by atoms with Crippen molar-refractivity contribution in [2.45, 2.75) is 52.1 Å². The fourth-order valence-electron chi connectivity index (χ4n) is 1.96. The van der Waals surface area contributed by atoms with Crippen molar-refractivity contribution >= 4 is 0 Å². The summed E-state index contributed by atoms with van der Waals surface area (Å²) in [7, 11) is 0. The lowest BCUT2D eigenvalue weighted by molar-refractivity contribution is 0.0612. The van der Waals surface area contributed by atoms with Crippen molar-refractivity contribution < 1.29 is 4.74 Å². The molecule has 0 heterocycles. The van der Waals surface area contributed by atoms with E-state index in [1.54, 1.807) is 0 Å². The topological polar surface area (TPSA) is 33.0 Å². The summed E-state index contributed by atoms with van der Waals surface area (Å²) < 4.78 is 5.48. The minimum atomic E-state index is -0.0467. The first-order chi connectivity index (χ1) is 6.18. The van der Waals surface area contributed by atoms with Gasteiger partial charge in [-0.25, -0.2) is 0 Å². The van der Waals surface area contributed by atoms with Crippen LogP contribution in [-0.4, -0.2) is 12.7 Å². The third kappa shape index (κ3) is 3.00. The first-order valence-corrected chi connectivity index (χ1v) is 5.21. The van der Waals surface area contributed by atoms with Gasteiger partial charge in [-0.15, -0.1) is 0 Å². The van der Waals surface area contributed by atoms with Crippen molar-refractivity contribution in [3.8, 4) is 6.07 Å². The summed E-state index contributed by atoms with van der Waals surface area (Å²) in [6.45, 7) is 4.81. The van der Waals surface area contributed by atoms with Gasteiger partial charge in [-0.1, -0.05) is 12.8 Å². The maximum atomic E-state index is 9.08. The van der Waals surface area contributed by atoms with Crippen LogP contribution >= 0.6 is 0 Å². The van der Waals surface area contributed by atoms with Gasteiger partial charge >= 0.3 is 0 Å². The van der Waals surface area contributed by atoms with Crippen LogP contribution in [-0.2, 0) is 4.74 Å². The molecule has 0 unspecified atom stereocenters. The average Bonchev–Trinajstić information content (AvgIpc) is 2.53. The molecule has 1 rings (SSSR count). The van der Waals surface area contributed by atoms with Crippen molar-refractivity contribution in [3.05, 3.63) is 0 Å². The van der Waals surface area contributed by atoms with Crippen LogP contribution in [0.25, 0.3) is 0 Å². The molecule has 74 valence electrons. The van der Waals surface area contributed by atoms with E-state index in [1.165, 1.54) is 12.8 Å². The standard InChI is InChI=1S/C11H19NO/c1-10(2)13-8-7-11(9-12)5-3-4-6-11/h10H,3-8H2,1-2H3.